The van der Waals surface area contributed by atoms with Crippen molar-refractivity contribution in [1.29, 1.82) is 0 Å². The summed E-state index contributed by atoms with van der Waals surface area (Å²) in [4.78, 5) is 38.5. The largest absolute Gasteiger partial charge is 0.490 e. The van der Waals surface area contributed by atoms with Gasteiger partial charge in [-0.25, -0.2) is 4.79 Å². The Morgan fingerprint density at radius 1 is 1.13 bits per heavy atom. The number of alkyl halides is 3. The van der Waals surface area contributed by atoms with Crippen LogP contribution in [-0.2, 0) is 32.1 Å². The summed E-state index contributed by atoms with van der Waals surface area (Å²) in [6.07, 6.45) is -2.12. The Balaban J connectivity index is 0.000000505. The molecule has 2 aromatic rings. The summed E-state index contributed by atoms with van der Waals surface area (Å²) in [5, 5.41) is 10.0. The van der Waals surface area contributed by atoms with E-state index in [1.54, 1.807) is 12.3 Å². The van der Waals surface area contributed by atoms with Crippen LogP contribution in [0.3, 0.4) is 0 Å². The van der Waals surface area contributed by atoms with E-state index in [4.69, 9.17) is 19.1 Å². The van der Waals surface area contributed by atoms with Gasteiger partial charge in [-0.05, 0) is 50.1 Å². The number of halogens is 3. The number of piperidine rings is 1. The molecule has 38 heavy (non-hydrogen) atoms. The van der Waals surface area contributed by atoms with Gasteiger partial charge in [-0.3, -0.25) is 9.59 Å². The number of nitrogens with one attached hydrogen (secondary N) is 1. The number of carbonyl (C=O) groups excluding carboxylic acids is 2. The number of rotatable bonds is 5. The van der Waals surface area contributed by atoms with Crippen molar-refractivity contribution in [3.05, 3.63) is 59.5 Å². The Morgan fingerprint density at radius 2 is 1.79 bits per heavy atom. The van der Waals surface area contributed by atoms with Crippen LogP contribution in [0.1, 0.15) is 29.7 Å². The minimum Gasteiger partial charge on any atom is -0.475 e. The molecule has 9 nitrogen and oxygen atoms in total. The van der Waals surface area contributed by atoms with E-state index in [1.807, 2.05) is 49.2 Å². The number of aryl methyl sites for hydroxylation is 1. The van der Waals surface area contributed by atoms with Crippen molar-refractivity contribution in [2.75, 3.05) is 33.2 Å². The van der Waals surface area contributed by atoms with Crippen LogP contribution in [0.5, 0.6) is 0 Å². The molecule has 1 spiro atoms. The predicted octanol–water partition coefficient (Wildman–Crippen LogP) is 2.77. The van der Waals surface area contributed by atoms with E-state index < -0.39 is 18.2 Å². The van der Waals surface area contributed by atoms with Gasteiger partial charge in [0.2, 0.25) is 5.91 Å². The highest BCUT2D eigenvalue weighted by Gasteiger charge is 2.44. The second-order valence-corrected chi connectivity index (χ2v) is 9.57. The number of carbonyl (C=O) groups is 3. The number of aliphatic carboxylic acids is 1. The van der Waals surface area contributed by atoms with Crippen LogP contribution in [0, 0.1) is 6.92 Å². The fourth-order valence-corrected chi connectivity index (χ4v) is 4.58. The molecule has 2 aliphatic heterocycles. The maximum atomic E-state index is 12.8. The highest BCUT2D eigenvalue weighted by Crippen LogP contribution is 2.32. The first-order valence-corrected chi connectivity index (χ1v) is 12.2. The molecule has 1 atom stereocenters. The lowest BCUT2D eigenvalue weighted by molar-refractivity contribution is -0.192. The van der Waals surface area contributed by atoms with Gasteiger partial charge in [0.05, 0.1) is 24.8 Å². The summed E-state index contributed by atoms with van der Waals surface area (Å²) >= 11 is 0. The van der Waals surface area contributed by atoms with E-state index in [-0.39, 0.29) is 17.4 Å². The Bertz CT molecular complexity index is 1100. The van der Waals surface area contributed by atoms with E-state index in [1.165, 1.54) is 0 Å². The van der Waals surface area contributed by atoms with Crippen molar-refractivity contribution in [3.63, 3.8) is 0 Å². The number of hydrogen-bond donors (Lipinski definition) is 2. The zero-order chi connectivity index (χ0) is 27.9. The molecule has 208 valence electrons. The fraction of sp³-hybridized carbons (Fsp3) is 0.500. The quantitative estimate of drug-likeness (QED) is 0.601. The molecule has 4 rings (SSSR count). The Labute approximate surface area is 218 Å². The third-order valence-electron chi connectivity index (χ3n) is 6.61. The first-order valence-electron chi connectivity index (χ1n) is 12.2. The van der Waals surface area contributed by atoms with E-state index in [9.17, 15) is 22.8 Å². The SMILES string of the molecule is Cc1ccccc1CC(=O)N1CCC2(CC1)CN(C)CC(C(=O)NCc1ccco1)O2.O=C(O)C(F)(F)F. The molecule has 1 aromatic carbocycles. The average molecular weight is 540 g/mol. The molecule has 0 saturated carbocycles. The Morgan fingerprint density at radius 3 is 2.37 bits per heavy atom. The topological polar surface area (TPSA) is 112 Å². The highest BCUT2D eigenvalue weighted by molar-refractivity contribution is 5.81. The monoisotopic (exact) mass is 539 g/mol. The minimum atomic E-state index is -5.08. The standard InChI is InChI=1S/C24H31N3O4.C2HF3O2/c1-18-6-3-4-7-19(18)14-22(28)27-11-9-24(10-12-27)17-26(2)16-21(31-24)23(29)25-15-20-8-5-13-30-20;3-2(4,5)1(6)7/h3-8,13,21H,9-12,14-17H2,1-2H3,(H,25,29);(H,6,7). The lowest BCUT2D eigenvalue weighted by Crippen LogP contribution is -2.61. The number of likely N-dealkylation sites (tertiary alicyclic amines) is 1. The van der Waals surface area contributed by atoms with Gasteiger partial charge in [-0.2, -0.15) is 13.2 Å². The molecule has 0 aliphatic carbocycles. The molecule has 0 bridgehead atoms. The van der Waals surface area contributed by atoms with Gasteiger partial charge in [0.15, 0.2) is 0 Å². The molecular formula is C26H32F3N3O6. The number of carboxylic acids is 1. The number of likely N-dealkylation sites (N-methyl/N-ethyl adjacent to an activating group) is 1. The summed E-state index contributed by atoms with van der Waals surface area (Å²) in [5.41, 5.74) is 1.83. The van der Waals surface area contributed by atoms with Crippen LogP contribution in [0.4, 0.5) is 13.2 Å². The van der Waals surface area contributed by atoms with Gasteiger partial charge >= 0.3 is 12.1 Å². The van der Waals surface area contributed by atoms with Gasteiger partial charge in [-0.1, -0.05) is 24.3 Å². The van der Waals surface area contributed by atoms with Crippen molar-refractivity contribution < 1.29 is 41.8 Å². The molecule has 3 heterocycles. The second-order valence-electron chi connectivity index (χ2n) is 9.57. The third-order valence-corrected chi connectivity index (χ3v) is 6.61. The summed E-state index contributed by atoms with van der Waals surface area (Å²) in [6, 6.07) is 11.7. The number of ether oxygens (including phenoxy) is 1. The van der Waals surface area contributed by atoms with Crippen LogP contribution >= 0.6 is 0 Å². The molecule has 2 fully saturated rings. The van der Waals surface area contributed by atoms with Gasteiger partial charge < -0.3 is 29.4 Å². The maximum absolute atomic E-state index is 12.8. The van der Waals surface area contributed by atoms with E-state index in [0.29, 0.717) is 38.4 Å². The molecule has 1 aromatic heterocycles. The smallest absolute Gasteiger partial charge is 0.475 e. The van der Waals surface area contributed by atoms with Gasteiger partial charge in [0.25, 0.3) is 5.91 Å². The van der Waals surface area contributed by atoms with Crippen LogP contribution < -0.4 is 5.32 Å². The average Bonchev–Trinajstić information content (AvgIpc) is 3.37. The van der Waals surface area contributed by atoms with Gasteiger partial charge in [0.1, 0.15) is 11.9 Å². The van der Waals surface area contributed by atoms with E-state index >= 15 is 0 Å². The number of nitrogens with zero attached hydrogens (tertiary/aromatic N) is 2. The number of morpholine rings is 1. The number of furan rings is 1. The minimum absolute atomic E-state index is 0.125. The zero-order valence-corrected chi connectivity index (χ0v) is 21.3. The van der Waals surface area contributed by atoms with Crippen LogP contribution in [0.25, 0.3) is 0 Å². The Hall–Kier alpha value is -3.38. The molecule has 2 saturated heterocycles. The van der Waals surface area contributed by atoms with Crippen molar-refractivity contribution in [3.8, 4) is 0 Å². The predicted molar refractivity (Wildman–Crippen MR) is 130 cm³/mol. The fourth-order valence-electron chi connectivity index (χ4n) is 4.58. The van der Waals surface area contributed by atoms with Crippen molar-refractivity contribution in [1.82, 2.24) is 15.1 Å². The lowest BCUT2D eigenvalue weighted by Gasteiger charge is -2.48. The zero-order valence-electron chi connectivity index (χ0n) is 21.3. The highest BCUT2D eigenvalue weighted by atomic mass is 19.4. The number of carboxylic acid groups (broad SMARTS) is 1. The number of amides is 2. The van der Waals surface area contributed by atoms with Crippen molar-refractivity contribution in [2.45, 2.75) is 50.6 Å². The van der Waals surface area contributed by atoms with Crippen LogP contribution in [0.2, 0.25) is 0 Å². The molecule has 2 aliphatic rings. The molecule has 1 unspecified atom stereocenters. The normalized spacial score (nSPS) is 19.4. The molecule has 2 amide bonds. The lowest BCUT2D eigenvalue weighted by atomic mass is 9.88. The maximum Gasteiger partial charge on any atom is 0.490 e. The molecule has 2 N–H and O–H groups in total. The summed E-state index contributed by atoms with van der Waals surface area (Å²) in [5.74, 6) is -2.01. The van der Waals surface area contributed by atoms with Crippen molar-refractivity contribution >= 4 is 17.8 Å². The number of hydrogen-bond acceptors (Lipinski definition) is 6. The van der Waals surface area contributed by atoms with Crippen LogP contribution in [-0.4, -0.2) is 83.8 Å². The van der Waals surface area contributed by atoms with Crippen molar-refractivity contribution in [2.24, 2.45) is 0 Å². The summed E-state index contributed by atoms with van der Waals surface area (Å²) < 4.78 is 43.4. The number of benzene rings is 1. The first kappa shape index (κ1) is 29.2. The third kappa shape index (κ3) is 8.06. The van der Waals surface area contributed by atoms with E-state index in [2.05, 4.69) is 10.2 Å². The summed E-state index contributed by atoms with van der Waals surface area (Å²) in [7, 11) is 2.02. The van der Waals surface area contributed by atoms with Gasteiger partial charge in [0, 0.05) is 26.2 Å². The first-order chi connectivity index (χ1) is 17.9. The second kappa shape index (κ2) is 12.4. The summed E-state index contributed by atoms with van der Waals surface area (Å²) in [6.45, 7) is 5.02. The Kier molecular flexibility index (Phi) is 9.55. The van der Waals surface area contributed by atoms with Crippen LogP contribution in [0.15, 0.2) is 47.1 Å². The molecule has 12 heteroatoms. The molecule has 0 radical (unpaired) electrons. The van der Waals surface area contributed by atoms with Gasteiger partial charge in [-0.15, -0.1) is 0 Å². The van der Waals surface area contributed by atoms with E-state index in [0.717, 1.165) is 30.5 Å². The molecular weight excluding hydrogens is 507 g/mol.